The molecule has 0 aliphatic carbocycles. The van der Waals surface area contributed by atoms with Gasteiger partial charge in [-0.05, 0) is 18.2 Å². The van der Waals surface area contributed by atoms with Gasteiger partial charge in [0.25, 0.3) is 11.8 Å². The number of aromatic nitrogens is 1. The fourth-order valence-corrected chi connectivity index (χ4v) is 2.99. The van der Waals surface area contributed by atoms with Crippen LogP contribution in [0.4, 0.5) is 0 Å². The first-order valence-electron chi connectivity index (χ1n) is 6.95. The van der Waals surface area contributed by atoms with E-state index in [1.54, 1.807) is 6.20 Å². The highest BCUT2D eigenvalue weighted by molar-refractivity contribution is 7.15. The van der Waals surface area contributed by atoms with Gasteiger partial charge in [-0.25, -0.2) is 4.79 Å². The van der Waals surface area contributed by atoms with Crippen LogP contribution in [0.15, 0.2) is 42.6 Å². The zero-order valence-corrected chi connectivity index (χ0v) is 13.4. The highest BCUT2D eigenvalue weighted by atomic mass is 32.1. The van der Waals surface area contributed by atoms with Gasteiger partial charge >= 0.3 is 5.97 Å². The molecule has 8 heteroatoms. The fraction of sp³-hybridized carbons (Fsp3) is 0.0625. The Balaban J connectivity index is 1.67. The van der Waals surface area contributed by atoms with E-state index in [9.17, 15) is 14.4 Å². The van der Waals surface area contributed by atoms with Gasteiger partial charge in [-0.3, -0.25) is 20.4 Å². The molecule has 122 valence electrons. The molecule has 2 heterocycles. The van der Waals surface area contributed by atoms with Crippen molar-refractivity contribution in [1.29, 1.82) is 0 Å². The Morgan fingerprint density at radius 1 is 1.00 bits per heavy atom. The SMILES string of the molecule is COC(=O)c1ccc(C(=O)NNC(=O)c2c[nH]c3ccccc23)s1. The number of aromatic amines is 1. The van der Waals surface area contributed by atoms with Crippen molar-refractivity contribution in [2.75, 3.05) is 7.11 Å². The first-order valence-corrected chi connectivity index (χ1v) is 7.76. The number of para-hydroxylation sites is 1. The van der Waals surface area contributed by atoms with E-state index < -0.39 is 17.8 Å². The molecule has 3 rings (SSSR count). The molecular formula is C16H13N3O4S. The van der Waals surface area contributed by atoms with Crippen LogP contribution in [0.25, 0.3) is 10.9 Å². The maximum absolute atomic E-state index is 12.2. The number of H-pyrrole nitrogens is 1. The van der Waals surface area contributed by atoms with Crippen LogP contribution in [0, 0.1) is 0 Å². The Labute approximate surface area is 140 Å². The average Bonchev–Trinajstić information content (AvgIpc) is 3.25. The highest BCUT2D eigenvalue weighted by Gasteiger charge is 2.16. The minimum Gasteiger partial charge on any atom is -0.465 e. The van der Waals surface area contributed by atoms with Crippen molar-refractivity contribution in [3.63, 3.8) is 0 Å². The van der Waals surface area contributed by atoms with Crippen molar-refractivity contribution >= 4 is 40.0 Å². The number of benzene rings is 1. The zero-order chi connectivity index (χ0) is 17.1. The number of rotatable bonds is 3. The average molecular weight is 343 g/mol. The number of hydrogen-bond acceptors (Lipinski definition) is 5. The molecule has 3 aromatic rings. The number of fused-ring (bicyclic) bond motifs is 1. The number of carbonyl (C=O) groups is 3. The van der Waals surface area contributed by atoms with Crippen molar-refractivity contribution in [2.24, 2.45) is 0 Å². The van der Waals surface area contributed by atoms with Crippen molar-refractivity contribution in [1.82, 2.24) is 15.8 Å². The van der Waals surface area contributed by atoms with Gasteiger partial charge in [-0.2, -0.15) is 0 Å². The summed E-state index contributed by atoms with van der Waals surface area (Å²) in [4.78, 5) is 39.2. The summed E-state index contributed by atoms with van der Waals surface area (Å²) >= 11 is 0.981. The van der Waals surface area contributed by atoms with Crippen LogP contribution in [0.5, 0.6) is 0 Å². The second-order valence-corrected chi connectivity index (χ2v) is 5.90. The number of hydrogen-bond donors (Lipinski definition) is 3. The first-order chi connectivity index (χ1) is 11.6. The molecule has 0 saturated heterocycles. The van der Waals surface area contributed by atoms with Gasteiger partial charge in [0.05, 0.1) is 17.6 Å². The third-order valence-electron chi connectivity index (χ3n) is 3.34. The third-order valence-corrected chi connectivity index (χ3v) is 4.40. The van der Waals surface area contributed by atoms with Gasteiger partial charge in [-0.1, -0.05) is 18.2 Å². The van der Waals surface area contributed by atoms with Crippen molar-refractivity contribution < 1.29 is 19.1 Å². The molecule has 0 aliphatic heterocycles. The molecule has 0 atom stereocenters. The summed E-state index contributed by atoms with van der Waals surface area (Å²) in [6.45, 7) is 0. The molecule has 0 aliphatic rings. The van der Waals surface area contributed by atoms with E-state index >= 15 is 0 Å². The molecule has 0 bridgehead atoms. The molecule has 24 heavy (non-hydrogen) atoms. The topological polar surface area (TPSA) is 100 Å². The van der Waals surface area contributed by atoms with E-state index in [2.05, 4.69) is 20.6 Å². The molecule has 0 fully saturated rings. The molecule has 2 aromatic heterocycles. The van der Waals surface area contributed by atoms with Gasteiger partial charge in [0.15, 0.2) is 0 Å². The maximum Gasteiger partial charge on any atom is 0.348 e. The Kier molecular flexibility index (Phi) is 4.30. The van der Waals surface area contributed by atoms with Crippen LogP contribution >= 0.6 is 11.3 Å². The zero-order valence-electron chi connectivity index (χ0n) is 12.6. The number of nitrogens with one attached hydrogen (secondary N) is 3. The highest BCUT2D eigenvalue weighted by Crippen LogP contribution is 2.18. The minimum absolute atomic E-state index is 0.287. The van der Waals surface area contributed by atoms with E-state index in [1.165, 1.54) is 19.2 Å². The van der Waals surface area contributed by atoms with Crippen molar-refractivity contribution in [3.8, 4) is 0 Å². The van der Waals surface area contributed by atoms with Crippen LogP contribution in [0.3, 0.4) is 0 Å². The first kappa shape index (κ1) is 15.8. The van der Waals surface area contributed by atoms with E-state index in [1.807, 2.05) is 24.3 Å². The van der Waals surface area contributed by atoms with Crippen LogP contribution in [0.2, 0.25) is 0 Å². The normalized spacial score (nSPS) is 10.4. The Bertz CT molecular complexity index is 928. The number of esters is 1. The molecule has 3 N–H and O–H groups in total. The summed E-state index contributed by atoms with van der Waals surface area (Å²) in [5.74, 6) is -1.46. The second-order valence-electron chi connectivity index (χ2n) is 4.81. The second kappa shape index (κ2) is 6.55. The summed E-state index contributed by atoms with van der Waals surface area (Å²) < 4.78 is 4.58. The number of ether oxygens (including phenoxy) is 1. The third kappa shape index (κ3) is 2.99. The molecule has 7 nitrogen and oxygen atoms in total. The van der Waals surface area contributed by atoms with E-state index in [0.29, 0.717) is 10.4 Å². The number of methoxy groups -OCH3 is 1. The fourth-order valence-electron chi connectivity index (χ4n) is 2.17. The van der Waals surface area contributed by atoms with Crippen LogP contribution in [-0.2, 0) is 4.74 Å². The van der Waals surface area contributed by atoms with Crippen LogP contribution in [-0.4, -0.2) is 29.9 Å². The number of hydrazine groups is 1. The van der Waals surface area contributed by atoms with Gasteiger partial charge in [0, 0.05) is 17.1 Å². The molecule has 0 saturated carbocycles. The molecule has 0 unspecified atom stereocenters. The lowest BCUT2D eigenvalue weighted by Crippen LogP contribution is -2.41. The van der Waals surface area contributed by atoms with Crippen LogP contribution in [0.1, 0.15) is 29.7 Å². The Morgan fingerprint density at radius 2 is 1.71 bits per heavy atom. The van der Waals surface area contributed by atoms with E-state index in [-0.39, 0.29) is 4.88 Å². The molecule has 0 spiro atoms. The predicted octanol–water partition coefficient (Wildman–Crippen LogP) is 2.09. The van der Waals surface area contributed by atoms with Gasteiger partial charge in [0.1, 0.15) is 4.88 Å². The summed E-state index contributed by atoms with van der Waals surface area (Å²) in [7, 11) is 1.27. The van der Waals surface area contributed by atoms with E-state index in [0.717, 1.165) is 22.2 Å². The Morgan fingerprint density at radius 3 is 2.50 bits per heavy atom. The standard InChI is InChI=1S/C16H13N3O4S/c1-23-16(22)13-7-6-12(24-13)15(21)19-18-14(20)10-8-17-11-5-3-2-4-9(10)11/h2-8,17H,1H3,(H,18,20)(H,19,21). The summed E-state index contributed by atoms with van der Waals surface area (Å²) in [5.41, 5.74) is 5.94. The largest absolute Gasteiger partial charge is 0.465 e. The maximum atomic E-state index is 12.2. The van der Waals surface area contributed by atoms with Crippen LogP contribution < -0.4 is 10.9 Å². The molecule has 1 aromatic carbocycles. The Hall–Kier alpha value is -3.13. The summed E-state index contributed by atoms with van der Waals surface area (Å²) in [6, 6.07) is 10.3. The number of thiophene rings is 1. The molecular weight excluding hydrogens is 330 g/mol. The summed E-state index contributed by atoms with van der Waals surface area (Å²) in [5, 5.41) is 0.758. The predicted molar refractivity (Wildman–Crippen MR) is 88.9 cm³/mol. The number of amides is 2. The van der Waals surface area contributed by atoms with Crippen molar-refractivity contribution in [2.45, 2.75) is 0 Å². The minimum atomic E-state index is -0.512. The quantitative estimate of drug-likeness (QED) is 0.501. The van der Waals surface area contributed by atoms with Gasteiger partial charge in [-0.15, -0.1) is 11.3 Å². The lowest BCUT2D eigenvalue weighted by Gasteiger charge is -2.05. The lowest BCUT2D eigenvalue weighted by molar-refractivity contribution is 0.0606. The molecule has 2 amide bonds. The van der Waals surface area contributed by atoms with Crippen molar-refractivity contribution in [3.05, 3.63) is 57.9 Å². The molecule has 0 radical (unpaired) electrons. The van der Waals surface area contributed by atoms with Gasteiger partial charge < -0.3 is 9.72 Å². The summed E-state index contributed by atoms with van der Waals surface area (Å²) in [6.07, 6.45) is 1.58. The van der Waals surface area contributed by atoms with Gasteiger partial charge in [0.2, 0.25) is 0 Å². The smallest absolute Gasteiger partial charge is 0.348 e. The van der Waals surface area contributed by atoms with E-state index in [4.69, 9.17) is 0 Å². The number of carbonyl (C=O) groups excluding carboxylic acids is 3. The monoisotopic (exact) mass is 343 g/mol. The lowest BCUT2D eigenvalue weighted by atomic mass is 10.2.